The fourth-order valence-corrected chi connectivity index (χ4v) is 3.32. The summed E-state index contributed by atoms with van der Waals surface area (Å²) < 4.78 is 1.88. The van der Waals surface area contributed by atoms with E-state index in [9.17, 15) is 0 Å². The summed E-state index contributed by atoms with van der Waals surface area (Å²) in [4.78, 5) is 7.00. The summed E-state index contributed by atoms with van der Waals surface area (Å²) in [5, 5.41) is 11.1. The van der Waals surface area contributed by atoms with Crippen molar-refractivity contribution in [2.75, 3.05) is 26.7 Å². The molecule has 6 nitrogen and oxygen atoms in total. The maximum absolute atomic E-state index is 4.35. The Hall–Kier alpha value is -1.56. The van der Waals surface area contributed by atoms with Crippen molar-refractivity contribution in [3.63, 3.8) is 0 Å². The van der Waals surface area contributed by atoms with Gasteiger partial charge < -0.3 is 10.6 Å². The van der Waals surface area contributed by atoms with E-state index in [1.807, 2.05) is 31.0 Å². The van der Waals surface area contributed by atoms with Gasteiger partial charge in [0.1, 0.15) is 0 Å². The Bertz CT molecular complexity index is 513. The summed E-state index contributed by atoms with van der Waals surface area (Å²) in [5.41, 5.74) is 1.14. The summed E-state index contributed by atoms with van der Waals surface area (Å²) in [5.74, 6) is 2.35. The largest absolute Gasteiger partial charge is 0.355 e. The number of guanidine groups is 1. The van der Waals surface area contributed by atoms with Crippen LogP contribution in [-0.2, 0) is 13.6 Å². The van der Waals surface area contributed by atoms with Crippen molar-refractivity contribution >= 4 is 5.96 Å². The van der Waals surface area contributed by atoms with Gasteiger partial charge >= 0.3 is 0 Å². The van der Waals surface area contributed by atoms with Gasteiger partial charge in [-0.05, 0) is 43.8 Å². The van der Waals surface area contributed by atoms with Crippen LogP contribution in [0.5, 0.6) is 0 Å². The number of hydrogen-bond donors (Lipinski definition) is 2. The van der Waals surface area contributed by atoms with E-state index in [1.54, 1.807) is 0 Å². The normalized spacial score (nSPS) is 18.8. The molecule has 0 amide bonds. The summed E-state index contributed by atoms with van der Waals surface area (Å²) >= 11 is 0. The van der Waals surface area contributed by atoms with Gasteiger partial charge in [-0.3, -0.25) is 14.6 Å². The molecule has 136 valence electrons. The molecule has 0 bridgehead atoms. The zero-order valence-corrected chi connectivity index (χ0v) is 15.9. The van der Waals surface area contributed by atoms with Gasteiger partial charge in [0.05, 0.1) is 12.2 Å². The second-order valence-corrected chi connectivity index (χ2v) is 7.28. The Kier molecular flexibility index (Phi) is 7.09. The Balaban J connectivity index is 1.84. The molecule has 0 radical (unpaired) electrons. The molecule has 2 N–H and O–H groups in total. The molecule has 0 aromatic carbocycles. The number of nitrogens with zero attached hydrogens (tertiary/aromatic N) is 4. The second-order valence-electron chi connectivity index (χ2n) is 7.28. The number of aryl methyl sites for hydroxylation is 1. The molecule has 24 heavy (non-hydrogen) atoms. The SMILES string of the molecule is CN=C(NCc1ccnn1C)NCC(C(C)C)N1CCC(C)CC1. The van der Waals surface area contributed by atoms with E-state index >= 15 is 0 Å². The average molecular weight is 335 g/mol. The van der Waals surface area contributed by atoms with E-state index in [4.69, 9.17) is 0 Å². The maximum atomic E-state index is 4.35. The van der Waals surface area contributed by atoms with Gasteiger partial charge in [-0.2, -0.15) is 5.10 Å². The highest BCUT2D eigenvalue weighted by atomic mass is 15.3. The van der Waals surface area contributed by atoms with Crippen LogP contribution >= 0.6 is 0 Å². The van der Waals surface area contributed by atoms with Gasteiger partial charge in [0.2, 0.25) is 0 Å². The minimum Gasteiger partial charge on any atom is -0.355 e. The number of aromatic nitrogens is 2. The maximum Gasteiger partial charge on any atom is 0.191 e. The van der Waals surface area contributed by atoms with E-state index in [0.717, 1.165) is 30.7 Å². The predicted molar refractivity (Wildman–Crippen MR) is 100 cm³/mol. The Morgan fingerprint density at radius 2 is 2.04 bits per heavy atom. The molecule has 1 unspecified atom stereocenters. The van der Waals surface area contributed by atoms with Crippen LogP contribution in [-0.4, -0.2) is 53.4 Å². The highest BCUT2D eigenvalue weighted by Crippen LogP contribution is 2.21. The van der Waals surface area contributed by atoms with E-state index in [0.29, 0.717) is 12.0 Å². The number of nitrogens with one attached hydrogen (secondary N) is 2. The number of piperidine rings is 1. The van der Waals surface area contributed by atoms with Crippen LogP contribution in [0.3, 0.4) is 0 Å². The minimum absolute atomic E-state index is 0.549. The molecule has 2 heterocycles. The van der Waals surface area contributed by atoms with Crippen molar-refractivity contribution in [2.45, 2.75) is 46.2 Å². The van der Waals surface area contributed by atoms with Crippen LogP contribution in [0.15, 0.2) is 17.3 Å². The third-order valence-corrected chi connectivity index (χ3v) is 5.12. The van der Waals surface area contributed by atoms with Crippen LogP contribution in [0.25, 0.3) is 0 Å². The smallest absolute Gasteiger partial charge is 0.191 e. The molecule has 2 rings (SSSR count). The van der Waals surface area contributed by atoms with E-state index in [-0.39, 0.29) is 0 Å². The number of likely N-dealkylation sites (tertiary alicyclic amines) is 1. The molecule has 1 aliphatic heterocycles. The van der Waals surface area contributed by atoms with Crippen molar-refractivity contribution in [1.82, 2.24) is 25.3 Å². The zero-order chi connectivity index (χ0) is 17.5. The summed E-state index contributed by atoms with van der Waals surface area (Å²) in [7, 11) is 3.78. The third kappa shape index (κ3) is 5.23. The lowest BCUT2D eigenvalue weighted by Gasteiger charge is -2.39. The molecule has 0 aliphatic carbocycles. The fraction of sp³-hybridized carbons (Fsp3) is 0.778. The molecule has 1 aromatic heterocycles. The van der Waals surface area contributed by atoms with E-state index in [1.165, 1.54) is 25.9 Å². The molecular formula is C18H34N6. The van der Waals surface area contributed by atoms with Crippen LogP contribution in [0.2, 0.25) is 0 Å². The van der Waals surface area contributed by atoms with Gasteiger partial charge in [-0.25, -0.2) is 0 Å². The van der Waals surface area contributed by atoms with E-state index < -0.39 is 0 Å². The lowest BCUT2D eigenvalue weighted by atomic mass is 9.94. The molecular weight excluding hydrogens is 300 g/mol. The fourth-order valence-electron chi connectivity index (χ4n) is 3.32. The topological polar surface area (TPSA) is 57.5 Å². The first-order valence-electron chi connectivity index (χ1n) is 9.16. The van der Waals surface area contributed by atoms with Crippen LogP contribution in [0.4, 0.5) is 0 Å². The monoisotopic (exact) mass is 334 g/mol. The molecule has 6 heteroatoms. The van der Waals surface area contributed by atoms with Crippen LogP contribution in [0.1, 0.15) is 39.3 Å². The average Bonchev–Trinajstić information content (AvgIpc) is 2.97. The lowest BCUT2D eigenvalue weighted by molar-refractivity contribution is 0.110. The highest BCUT2D eigenvalue weighted by Gasteiger charge is 2.25. The molecule has 1 saturated heterocycles. The van der Waals surface area contributed by atoms with Gasteiger partial charge in [0, 0.05) is 32.9 Å². The molecule has 0 saturated carbocycles. The van der Waals surface area contributed by atoms with Gasteiger partial charge in [0.15, 0.2) is 5.96 Å². The predicted octanol–water partition coefficient (Wildman–Crippen LogP) is 1.84. The van der Waals surface area contributed by atoms with Crippen molar-refractivity contribution in [2.24, 2.45) is 23.9 Å². The molecule has 1 aliphatic rings. The van der Waals surface area contributed by atoms with Crippen molar-refractivity contribution in [1.29, 1.82) is 0 Å². The molecule has 1 atom stereocenters. The van der Waals surface area contributed by atoms with Gasteiger partial charge in [-0.1, -0.05) is 20.8 Å². The zero-order valence-electron chi connectivity index (χ0n) is 15.9. The number of rotatable bonds is 6. The first-order valence-corrected chi connectivity index (χ1v) is 9.16. The van der Waals surface area contributed by atoms with Gasteiger partial charge in [-0.15, -0.1) is 0 Å². The number of hydrogen-bond acceptors (Lipinski definition) is 3. The molecule has 1 aromatic rings. The summed E-state index contributed by atoms with van der Waals surface area (Å²) in [6.45, 7) is 11.1. The van der Waals surface area contributed by atoms with Crippen LogP contribution < -0.4 is 10.6 Å². The molecule has 0 spiro atoms. The quantitative estimate of drug-likeness (QED) is 0.616. The van der Waals surface area contributed by atoms with Gasteiger partial charge in [0.25, 0.3) is 0 Å². The minimum atomic E-state index is 0.549. The van der Waals surface area contributed by atoms with E-state index in [2.05, 4.69) is 46.4 Å². The Morgan fingerprint density at radius 3 is 2.58 bits per heavy atom. The highest BCUT2D eigenvalue weighted by molar-refractivity contribution is 5.79. The Morgan fingerprint density at radius 1 is 1.33 bits per heavy atom. The second kappa shape index (κ2) is 9.06. The summed E-state index contributed by atoms with van der Waals surface area (Å²) in [6, 6.07) is 2.57. The summed E-state index contributed by atoms with van der Waals surface area (Å²) in [6.07, 6.45) is 4.45. The lowest BCUT2D eigenvalue weighted by Crippen LogP contribution is -2.51. The van der Waals surface area contributed by atoms with Crippen molar-refractivity contribution < 1.29 is 0 Å². The standard InChI is InChI=1S/C18H34N6/c1-14(2)17(24-10-7-15(3)8-11-24)13-21-18(19-4)20-12-16-6-9-22-23(16)5/h6,9,14-15,17H,7-8,10-13H2,1-5H3,(H2,19,20,21). The first kappa shape index (κ1) is 18.8. The third-order valence-electron chi connectivity index (χ3n) is 5.12. The molecule has 1 fully saturated rings. The van der Waals surface area contributed by atoms with Crippen molar-refractivity contribution in [3.05, 3.63) is 18.0 Å². The first-order chi connectivity index (χ1) is 11.5. The van der Waals surface area contributed by atoms with Crippen molar-refractivity contribution in [3.8, 4) is 0 Å². The Labute approximate surface area is 146 Å². The number of aliphatic imine (C=N–C) groups is 1. The van der Waals surface area contributed by atoms with Crippen LogP contribution in [0, 0.1) is 11.8 Å².